The van der Waals surface area contributed by atoms with Gasteiger partial charge in [0.15, 0.2) is 0 Å². The van der Waals surface area contributed by atoms with E-state index in [0.717, 1.165) is 31.6 Å². The van der Waals surface area contributed by atoms with Gasteiger partial charge in [0.1, 0.15) is 0 Å². The predicted molar refractivity (Wildman–Crippen MR) is 57.3 cm³/mol. The number of hydrogen-bond acceptors (Lipinski definition) is 4. The lowest BCUT2D eigenvalue weighted by molar-refractivity contribution is 0.0493. The maximum atomic E-state index is 9.60. The van der Waals surface area contributed by atoms with Crippen LogP contribution in [0.1, 0.15) is 31.5 Å². The van der Waals surface area contributed by atoms with Gasteiger partial charge in [-0.3, -0.25) is 14.9 Å². The summed E-state index contributed by atoms with van der Waals surface area (Å²) in [7, 11) is 0. The van der Waals surface area contributed by atoms with Gasteiger partial charge in [-0.1, -0.05) is 0 Å². The van der Waals surface area contributed by atoms with Gasteiger partial charge in [0.25, 0.3) is 0 Å². The fourth-order valence-electron chi connectivity index (χ4n) is 2.05. The summed E-state index contributed by atoms with van der Waals surface area (Å²) >= 11 is 0. The van der Waals surface area contributed by atoms with Crippen molar-refractivity contribution in [3.05, 3.63) is 24.3 Å². The van der Waals surface area contributed by atoms with E-state index in [0.29, 0.717) is 0 Å². The van der Waals surface area contributed by atoms with E-state index >= 15 is 0 Å². The fraction of sp³-hybridized carbons (Fsp3) is 0.636. The predicted octanol–water partition coefficient (Wildman–Crippen LogP) is 0.994. The number of aliphatic hydroxyl groups excluding tert-OH is 1. The number of β-amino-alcohol motifs (C(OH)–C–C–N with tert-alkyl or cyclic N) is 1. The third-order valence-electron chi connectivity index (χ3n) is 2.99. The monoisotopic (exact) mass is 207 g/mol. The summed E-state index contributed by atoms with van der Waals surface area (Å²) < 4.78 is 0. The van der Waals surface area contributed by atoms with E-state index in [2.05, 4.69) is 21.8 Å². The van der Waals surface area contributed by atoms with Gasteiger partial charge < -0.3 is 5.11 Å². The number of likely N-dealkylation sites (tertiary alicyclic amines) is 1. The van der Waals surface area contributed by atoms with Crippen molar-refractivity contribution in [2.45, 2.75) is 31.9 Å². The summed E-state index contributed by atoms with van der Waals surface area (Å²) in [5.74, 6) is 0. The first kappa shape index (κ1) is 10.5. The third-order valence-corrected chi connectivity index (χ3v) is 2.99. The van der Waals surface area contributed by atoms with Crippen LogP contribution in [-0.4, -0.2) is 39.2 Å². The molecule has 4 heteroatoms. The first-order valence-corrected chi connectivity index (χ1v) is 5.45. The zero-order valence-corrected chi connectivity index (χ0v) is 9.00. The second-order valence-corrected chi connectivity index (χ2v) is 4.10. The Labute approximate surface area is 90.0 Å². The van der Waals surface area contributed by atoms with Gasteiger partial charge in [-0.25, -0.2) is 0 Å². The zero-order valence-electron chi connectivity index (χ0n) is 9.00. The molecule has 2 atom stereocenters. The van der Waals surface area contributed by atoms with Gasteiger partial charge in [0.05, 0.1) is 17.8 Å². The first-order chi connectivity index (χ1) is 7.27. The SMILES string of the molecule is C[C@@H](c1cnccn1)N1CCC[C@H](O)C1. The molecule has 15 heavy (non-hydrogen) atoms. The third kappa shape index (κ3) is 2.52. The quantitative estimate of drug-likeness (QED) is 0.786. The normalized spacial score (nSPS) is 25.1. The standard InChI is InChI=1S/C11H17N3O/c1-9(11-7-12-4-5-13-11)14-6-2-3-10(15)8-14/h4-5,7,9-10,15H,2-3,6,8H2,1H3/t9-,10-/m0/s1. The van der Waals surface area contributed by atoms with E-state index in [1.54, 1.807) is 18.6 Å². The highest BCUT2D eigenvalue weighted by molar-refractivity contribution is 5.01. The van der Waals surface area contributed by atoms with Crippen LogP contribution in [-0.2, 0) is 0 Å². The molecule has 1 fully saturated rings. The van der Waals surface area contributed by atoms with Crippen LogP contribution in [0.25, 0.3) is 0 Å². The average molecular weight is 207 g/mol. The number of piperidine rings is 1. The van der Waals surface area contributed by atoms with Crippen LogP contribution in [0, 0.1) is 0 Å². The number of aromatic nitrogens is 2. The molecule has 4 nitrogen and oxygen atoms in total. The molecule has 1 aliphatic heterocycles. The number of hydrogen-bond donors (Lipinski definition) is 1. The Morgan fingerprint density at radius 3 is 3.07 bits per heavy atom. The van der Waals surface area contributed by atoms with Crippen molar-refractivity contribution in [1.82, 2.24) is 14.9 Å². The fourth-order valence-corrected chi connectivity index (χ4v) is 2.05. The van der Waals surface area contributed by atoms with Gasteiger partial charge in [-0.2, -0.15) is 0 Å². The van der Waals surface area contributed by atoms with Crippen LogP contribution in [0.4, 0.5) is 0 Å². The minimum absolute atomic E-state index is 0.183. The second-order valence-electron chi connectivity index (χ2n) is 4.10. The second kappa shape index (κ2) is 4.68. The van der Waals surface area contributed by atoms with Gasteiger partial charge >= 0.3 is 0 Å². The molecule has 2 heterocycles. The largest absolute Gasteiger partial charge is 0.392 e. The Kier molecular flexibility index (Phi) is 3.28. The van der Waals surface area contributed by atoms with Crippen molar-refractivity contribution < 1.29 is 5.11 Å². The highest BCUT2D eigenvalue weighted by Crippen LogP contribution is 2.21. The van der Waals surface area contributed by atoms with Gasteiger partial charge in [-0.05, 0) is 26.3 Å². The first-order valence-electron chi connectivity index (χ1n) is 5.45. The molecule has 1 aromatic rings. The van der Waals surface area contributed by atoms with Crippen molar-refractivity contribution in [2.75, 3.05) is 13.1 Å². The van der Waals surface area contributed by atoms with Crippen molar-refractivity contribution >= 4 is 0 Å². The zero-order chi connectivity index (χ0) is 10.7. The van der Waals surface area contributed by atoms with E-state index in [-0.39, 0.29) is 12.1 Å². The lowest BCUT2D eigenvalue weighted by Crippen LogP contribution is -2.39. The molecule has 2 rings (SSSR count). The summed E-state index contributed by atoms with van der Waals surface area (Å²) in [6.45, 7) is 3.90. The maximum absolute atomic E-state index is 9.60. The Hall–Kier alpha value is -1.00. The van der Waals surface area contributed by atoms with Crippen LogP contribution in [0.2, 0.25) is 0 Å². The molecule has 0 spiro atoms. The van der Waals surface area contributed by atoms with Crippen LogP contribution >= 0.6 is 0 Å². The molecular weight excluding hydrogens is 190 g/mol. The van der Waals surface area contributed by atoms with E-state index in [1.807, 2.05) is 0 Å². The summed E-state index contributed by atoms with van der Waals surface area (Å²) in [6, 6.07) is 0.244. The summed E-state index contributed by atoms with van der Waals surface area (Å²) in [6.07, 6.45) is 6.99. The van der Waals surface area contributed by atoms with Crippen molar-refractivity contribution in [2.24, 2.45) is 0 Å². The van der Waals surface area contributed by atoms with Crippen LogP contribution in [0.15, 0.2) is 18.6 Å². The molecule has 0 aromatic carbocycles. The highest BCUT2D eigenvalue weighted by atomic mass is 16.3. The summed E-state index contributed by atoms with van der Waals surface area (Å²) in [5, 5.41) is 9.60. The van der Waals surface area contributed by atoms with Gasteiger partial charge in [-0.15, -0.1) is 0 Å². The van der Waals surface area contributed by atoms with E-state index in [1.165, 1.54) is 0 Å². The smallest absolute Gasteiger partial charge is 0.0755 e. The van der Waals surface area contributed by atoms with E-state index in [9.17, 15) is 5.11 Å². The molecule has 1 N–H and O–H groups in total. The molecule has 0 saturated carbocycles. The van der Waals surface area contributed by atoms with Crippen molar-refractivity contribution in [1.29, 1.82) is 0 Å². The maximum Gasteiger partial charge on any atom is 0.0755 e. The minimum Gasteiger partial charge on any atom is -0.392 e. The van der Waals surface area contributed by atoms with E-state index < -0.39 is 0 Å². The molecule has 1 aliphatic rings. The van der Waals surface area contributed by atoms with Gasteiger partial charge in [0.2, 0.25) is 0 Å². The van der Waals surface area contributed by atoms with Crippen molar-refractivity contribution in [3.63, 3.8) is 0 Å². The topological polar surface area (TPSA) is 49.2 Å². The van der Waals surface area contributed by atoms with Gasteiger partial charge in [0, 0.05) is 25.1 Å². The van der Waals surface area contributed by atoms with E-state index in [4.69, 9.17) is 0 Å². The minimum atomic E-state index is -0.183. The Morgan fingerprint density at radius 2 is 2.40 bits per heavy atom. The van der Waals surface area contributed by atoms with Crippen LogP contribution in [0.5, 0.6) is 0 Å². The lowest BCUT2D eigenvalue weighted by Gasteiger charge is -2.34. The Balaban J connectivity index is 2.04. The number of rotatable bonds is 2. The summed E-state index contributed by atoms with van der Waals surface area (Å²) in [5.41, 5.74) is 0.978. The van der Waals surface area contributed by atoms with Crippen molar-refractivity contribution in [3.8, 4) is 0 Å². The molecule has 0 aliphatic carbocycles. The highest BCUT2D eigenvalue weighted by Gasteiger charge is 2.23. The molecule has 1 saturated heterocycles. The molecule has 0 amide bonds. The lowest BCUT2D eigenvalue weighted by atomic mass is 10.1. The molecule has 0 bridgehead atoms. The molecular formula is C11H17N3O. The van der Waals surface area contributed by atoms with Crippen LogP contribution < -0.4 is 0 Å². The Bertz CT molecular complexity index is 304. The number of nitrogens with zero attached hydrogens (tertiary/aromatic N) is 3. The Morgan fingerprint density at radius 1 is 1.53 bits per heavy atom. The molecule has 1 aromatic heterocycles. The molecule has 0 unspecified atom stereocenters. The number of aliphatic hydroxyl groups is 1. The summed E-state index contributed by atoms with van der Waals surface area (Å²) in [4.78, 5) is 10.6. The average Bonchev–Trinajstić information content (AvgIpc) is 2.29. The molecule has 0 radical (unpaired) electrons. The van der Waals surface area contributed by atoms with Crippen LogP contribution in [0.3, 0.4) is 0 Å². The molecule has 82 valence electrons.